The quantitative estimate of drug-likeness (QED) is 0.857. The van der Waals surface area contributed by atoms with Crippen LogP contribution in [-0.2, 0) is 11.3 Å². The van der Waals surface area contributed by atoms with Crippen molar-refractivity contribution >= 4 is 17.3 Å². The minimum atomic E-state index is -0.223. The Balaban J connectivity index is 2.22. The highest BCUT2D eigenvalue weighted by Crippen LogP contribution is 2.15. The summed E-state index contributed by atoms with van der Waals surface area (Å²) >= 11 is 0. The molecule has 0 atom stereocenters. The third-order valence-corrected chi connectivity index (χ3v) is 3.28. The molecule has 0 bridgehead atoms. The van der Waals surface area contributed by atoms with Crippen molar-refractivity contribution in [1.82, 2.24) is 9.55 Å². The predicted molar refractivity (Wildman–Crippen MR) is 82.2 cm³/mol. The molecule has 2 aromatic rings. The highest BCUT2D eigenvalue weighted by atomic mass is 16.2. The first-order chi connectivity index (χ1) is 9.88. The van der Waals surface area contributed by atoms with E-state index in [-0.39, 0.29) is 18.0 Å². The number of rotatable bonds is 3. The van der Waals surface area contributed by atoms with E-state index in [4.69, 9.17) is 5.73 Å². The monoisotopic (exact) mass is 286 g/mol. The number of carbonyl (C=O) groups is 1. The minimum Gasteiger partial charge on any atom is -0.399 e. The van der Waals surface area contributed by atoms with Crippen molar-refractivity contribution in [3.05, 3.63) is 52.2 Å². The Morgan fingerprint density at radius 1 is 1.29 bits per heavy atom. The van der Waals surface area contributed by atoms with Gasteiger partial charge in [0.15, 0.2) is 0 Å². The molecular formula is C15H18N4O2. The first kappa shape index (κ1) is 14.8. The summed E-state index contributed by atoms with van der Waals surface area (Å²) < 4.78 is 1.36. The van der Waals surface area contributed by atoms with Crippen LogP contribution in [0.4, 0.5) is 11.4 Å². The molecule has 0 fully saturated rings. The van der Waals surface area contributed by atoms with E-state index in [0.29, 0.717) is 17.2 Å². The molecule has 0 saturated carbocycles. The molecule has 6 heteroatoms. The highest BCUT2D eigenvalue weighted by molar-refractivity contribution is 5.92. The lowest BCUT2D eigenvalue weighted by Gasteiger charge is -2.19. The van der Waals surface area contributed by atoms with Gasteiger partial charge >= 0.3 is 0 Å². The van der Waals surface area contributed by atoms with Crippen LogP contribution in [0, 0.1) is 13.8 Å². The summed E-state index contributed by atoms with van der Waals surface area (Å²) in [6.45, 7) is 3.42. The third-order valence-electron chi connectivity index (χ3n) is 3.28. The number of aromatic nitrogens is 2. The van der Waals surface area contributed by atoms with Crippen molar-refractivity contribution in [2.24, 2.45) is 0 Å². The Labute approximate surface area is 122 Å². The van der Waals surface area contributed by atoms with Crippen molar-refractivity contribution < 1.29 is 4.79 Å². The van der Waals surface area contributed by atoms with Gasteiger partial charge in [0.1, 0.15) is 12.4 Å². The van der Waals surface area contributed by atoms with Crippen LogP contribution in [0.1, 0.15) is 11.5 Å². The van der Waals surface area contributed by atoms with E-state index in [0.717, 1.165) is 5.69 Å². The molecule has 0 aliphatic heterocycles. The van der Waals surface area contributed by atoms with Crippen LogP contribution < -0.4 is 16.2 Å². The van der Waals surface area contributed by atoms with E-state index >= 15 is 0 Å². The number of anilines is 2. The first-order valence-corrected chi connectivity index (χ1v) is 6.55. The largest absolute Gasteiger partial charge is 0.399 e. The maximum absolute atomic E-state index is 12.3. The van der Waals surface area contributed by atoms with Crippen LogP contribution in [-0.4, -0.2) is 22.5 Å². The molecule has 1 amide bonds. The Morgan fingerprint density at radius 2 is 1.90 bits per heavy atom. The van der Waals surface area contributed by atoms with Gasteiger partial charge in [-0.3, -0.25) is 14.2 Å². The van der Waals surface area contributed by atoms with E-state index < -0.39 is 0 Å². The van der Waals surface area contributed by atoms with Gasteiger partial charge in [-0.2, -0.15) is 0 Å². The second-order valence-electron chi connectivity index (χ2n) is 4.91. The Hall–Kier alpha value is -2.63. The maximum atomic E-state index is 12.3. The first-order valence-electron chi connectivity index (χ1n) is 6.55. The number of aryl methyl sites for hydroxylation is 2. The van der Waals surface area contributed by atoms with Crippen LogP contribution in [0.2, 0.25) is 0 Å². The normalized spacial score (nSPS) is 10.4. The fourth-order valence-electron chi connectivity index (χ4n) is 2.04. The van der Waals surface area contributed by atoms with Gasteiger partial charge in [0.2, 0.25) is 5.91 Å². The highest BCUT2D eigenvalue weighted by Gasteiger charge is 2.14. The number of hydrogen-bond donors (Lipinski definition) is 1. The van der Waals surface area contributed by atoms with Crippen LogP contribution in [0.25, 0.3) is 0 Å². The molecule has 0 aliphatic rings. The van der Waals surface area contributed by atoms with E-state index in [1.807, 2.05) is 0 Å². The molecular weight excluding hydrogens is 268 g/mol. The number of carbonyl (C=O) groups excluding carboxylic acids is 1. The molecule has 1 heterocycles. The van der Waals surface area contributed by atoms with Crippen LogP contribution in [0.15, 0.2) is 35.1 Å². The Kier molecular flexibility index (Phi) is 4.07. The minimum absolute atomic E-state index is 0.0428. The average molecular weight is 286 g/mol. The van der Waals surface area contributed by atoms with Gasteiger partial charge < -0.3 is 10.6 Å². The van der Waals surface area contributed by atoms with Gasteiger partial charge in [-0.05, 0) is 38.1 Å². The van der Waals surface area contributed by atoms with Gasteiger partial charge in [0.25, 0.3) is 5.56 Å². The smallest absolute Gasteiger partial charge is 0.254 e. The molecule has 2 rings (SSSR count). The average Bonchev–Trinajstić information content (AvgIpc) is 2.42. The second-order valence-corrected chi connectivity index (χ2v) is 4.91. The number of nitrogen functional groups attached to an aromatic ring is 1. The maximum Gasteiger partial charge on any atom is 0.254 e. The summed E-state index contributed by atoms with van der Waals surface area (Å²) in [5, 5.41) is 0. The van der Waals surface area contributed by atoms with E-state index in [2.05, 4.69) is 4.98 Å². The van der Waals surface area contributed by atoms with Crippen molar-refractivity contribution in [3.8, 4) is 0 Å². The zero-order valence-corrected chi connectivity index (χ0v) is 12.3. The lowest BCUT2D eigenvalue weighted by atomic mass is 10.2. The van der Waals surface area contributed by atoms with E-state index in [1.165, 1.54) is 15.5 Å². The van der Waals surface area contributed by atoms with Gasteiger partial charge in [-0.15, -0.1) is 0 Å². The lowest BCUT2D eigenvalue weighted by molar-refractivity contribution is -0.119. The van der Waals surface area contributed by atoms with Crippen molar-refractivity contribution in [2.45, 2.75) is 20.4 Å². The van der Waals surface area contributed by atoms with Crippen molar-refractivity contribution in [1.29, 1.82) is 0 Å². The molecule has 0 radical (unpaired) electrons. The number of amides is 1. The molecule has 6 nitrogen and oxygen atoms in total. The summed E-state index contributed by atoms with van der Waals surface area (Å²) in [6.07, 6.45) is 0. The summed E-state index contributed by atoms with van der Waals surface area (Å²) in [5.41, 5.74) is 7.40. The summed E-state index contributed by atoms with van der Waals surface area (Å²) in [5.74, 6) is 0.328. The number of hydrogen-bond acceptors (Lipinski definition) is 4. The topological polar surface area (TPSA) is 81.2 Å². The fraction of sp³-hybridized carbons (Fsp3) is 0.267. The fourth-order valence-corrected chi connectivity index (χ4v) is 2.04. The Morgan fingerprint density at radius 3 is 2.48 bits per heavy atom. The van der Waals surface area contributed by atoms with Crippen LogP contribution >= 0.6 is 0 Å². The standard InChI is InChI=1S/C15H18N4O2/c1-10-8-14(20)19(11(2)17-10)9-15(21)18(3)13-6-4-12(16)5-7-13/h4-8H,9,16H2,1-3H3. The molecule has 21 heavy (non-hydrogen) atoms. The molecule has 0 spiro atoms. The molecule has 1 aromatic carbocycles. The molecule has 1 aromatic heterocycles. The number of nitrogens with two attached hydrogens (primary N) is 1. The zero-order chi connectivity index (χ0) is 15.6. The van der Waals surface area contributed by atoms with Crippen molar-refractivity contribution in [3.63, 3.8) is 0 Å². The molecule has 0 unspecified atom stereocenters. The zero-order valence-electron chi connectivity index (χ0n) is 12.3. The second kappa shape index (κ2) is 5.78. The number of likely N-dealkylation sites (N-methyl/N-ethyl adjacent to an activating group) is 1. The summed E-state index contributed by atoms with van der Waals surface area (Å²) in [4.78, 5) is 29.9. The summed E-state index contributed by atoms with van der Waals surface area (Å²) in [6, 6.07) is 8.39. The van der Waals surface area contributed by atoms with Gasteiger partial charge in [-0.25, -0.2) is 4.98 Å². The lowest BCUT2D eigenvalue weighted by Crippen LogP contribution is -2.35. The molecule has 0 saturated heterocycles. The van der Waals surface area contributed by atoms with Crippen LogP contribution in [0.3, 0.4) is 0 Å². The van der Waals surface area contributed by atoms with Crippen molar-refractivity contribution in [2.75, 3.05) is 17.7 Å². The van der Waals surface area contributed by atoms with E-state index in [9.17, 15) is 9.59 Å². The third kappa shape index (κ3) is 3.28. The summed E-state index contributed by atoms with van der Waals surface area (Å²) in [7, 11) is 1.66. The molecule has 0 aliphatic carbocycles. The SMILES string of the molecule is Cc1cc(=O)n(CC(=O)N(C)c2ccc(N)cc2)c(C)n1. The van der Waals surface area contributed by atoms with Crippen LogP contribution in [0.5, 0.6) is 0 Å². The Bertz CT molecular complexity index is 719. The van der Waals surface area contributed by atoms with Gasteiger partial charge in [0.05, 0.1) is 0 Å². The van der Waals surface area contributed by atoms with E-state index in [1.54, 1.807) is 45.2 Å². The molecule has 110 valence electrons. The predicted octanol–water partition coefficient (Wildman–Crippen LogP) is 1.11. The van der Waals surface area contributed by atoms with Gasteiger partial charge in [-0.1, -0.05) is 0 Å². The number of nitrogens with zero attached hydrogens (tertiary/aromatic N) is 3. The molecule has 2 N–H and O–H groups in total. The number of benzene rings is 1. The van der Waals surface area contributed by atoms with Gasteiger partial charge in [0, 0.05) is 30.2 Å².